The van der Waals surface area contributed by atoms with Crippen LogP contribution < -0.4 is 16.0 Å². The van der Waals surface area contributed by atoms with Crippen LogP contribution in [0.15, 0.2) is 42.5 Å². The van der Waals surface area contributed by atoms with Crippen LogP contribution in [-0.4, -0.2) is 22.7 Å². The molecule has 0 radical (unpaired) electrons. The molecule has 0 fully saturated rings. The first kappa shape index (κ1) is 19.9. The van der Waals surface area contributed by atoms with Gasteiger partial charge in [0.2, 0.25) is 0 Å². The molecule has 0 unspecified atom stereocenters. The standard InChI is InChI=1S/C19H19ClN4O3S/c1-19(2,3)27-18(26)24-17-23-14-9-8-13(10-15(14)28-17)22-16(25)21-12-6-4-11(20)5-7-12/h4-10H,1-3H3,(H2,21,22,25)(H,23,24,26). The first-order valence-electron chi connectivity index (χ1n) is 8.42. The lowest BCUT2D eigenvalue weighted by Gasteiger charge is -2.18. The van der Waals surface area contributed by atoms with Gasteiger partial charge in [-0.3, -0.25) is 5.32 Å². The molecule has 3 N–H and O–H groups in total. The van der Waals surface area contributed by atoms with E-state index < -0.39 is 11.7 Å². The van der Waals surface area contributed by atoms with Gasteiger partial charge in [0.1, 0.15) is 5.60 Å². The van der Waals surface area contributed by atoms with E-state index in [0.29, 0.717) is 27.0 Å². The molecule has 0 bridgehead atoms. The average Bonchev–Trinajstić information content (AvgIpc) is 2.96. The molecule has 0 spiro atoms. The van der Waals surface area contributed by atoms with Crippen LogP contribution in [0.3, 0.4) is 0 Å². The number of anilines is 3. The van der Waals surface area contributed by atoms with Gasteiger partial charge in [-0.15, -0.1) is 0 Å². The van der Waals surface area contributed by atoms with E-state index in [1.165, 1.54) is 11.3 Å². The number of benzene rings is 2. The Kier molecular flexibility index (Phi) is 5.71. The Balaban J connectivity index is 1.66. The number of aromatic nitrogens is 1. The summed E-state index contributed by atoms with van der Waals surface area (Å²) in [7, 11) is 0. The van der Waals surface area contributed by atoms with Gasteiger partial charge in [0, 0.05) is 16.4 Å². The number of carbonyl (C=O) groups is 2. The van der Waals surface area contributed by atoms with Gasteiger partial charge in [0.05, 0.1) is 10.2 Å². The van der Waals surface area contributed by atoms with Crippen molar-refractivity contribution in [3.8, 4) is 0 Å². The third-order valence-electron chi connectivity index (χ3n) is 3.36. The third-order valence-corrected chi connectivity index (χ3v) is 4.54. The van der Waals surface area contributed by atoms with E-state index >= 15 is 0 Å². The van der Waals surface area contributed by atoms with Crippen LogP contribution in [0.25, 0.3) is 10.2 Å². The lowest BCUT2D eigenvalue weighted by atomic mass is 10.2. The Morgan fingerprint density at radius 1 is 1.00 bits per heavy atom. The van der Waals surface area contributed by atoms with Gasteiger partial charge in [-0.05, 0) is 63.2 Å². The number of nitrogens with one attached hydrogen (secondary N) is 3. The zero-order valence-corrected chi connectivity index (χ0v) is 17.1. The number of nitrogens with zero attached hydrogens (tertiary/aromatic N) is 1. The second kappa shape index (κ2) is 8.04. The van der Waals surface area contributed by atoms with Gasteiger partial charge in [-0.2, -0.15) is 0 Å². The Morgan fingerprint density at radius 2 is 1.64 bits per heavy atom. The molecule has 28 heavy (non-hydrogen) atoms. The zero-order chi connectivity index (χ0) is 20.3. The number of carbonyl (C=O) groups excluding carboxylic acids is 2. The number of thiazole rings is 1. The highest BCUT2D eigenvalue weighted by Gasteiger charge is 2.17. The van der Waals surface area contributed by atoms with Gasteiger partial charge in [-0.1, -0.05) is 22.9 Å². The van der Waals surface area contributed by atoms with Crippen LogP contribution in [-0.2, 0) is 4.74 Å². The predicted molar refractivity (Wildman–Crippen MR) is 114 cm³/mol. The zero-order valence-electron chi connectivity index (χ0n) is 15.5. The maximum Gasteiger partial charge on any atom is 0.413 e. The summed E-state index contributed by atoms with van der Waals surface area (Å²) in [5, 5.41) is 9.13. The molecule has 0 aliphatic carbocycles. The Morgan fingerprint density at radius 3 is 2.32 bits per heavy atom. The lowest BCUT2D eigenvalue weighted by molar-refractivity contribution is 0.0636. The molecule has 7 nitrogen and oxygen atoms in total. The van der Waals surface area contributed by atoms with Gasteiger partial charge in [0.25, 0.3) is 0 Å². The van der Waals surface area contributed by atoms with Crippen LogP contribution in [0.4, 0.5) is 26.1 Å². The minimum Gasteiger partial charge on any atom is -0.444 e. The average molecular weight is 419 g/mol. The van der Waals surface area contributed by atoms with Crippen molar-refractivity contribution in [1.82, 2.24) is 4.98 Å². The number of hydrogen-bond donors (Lipinski definition) is 3. The number of hydrogen-bond acceptors (Lipinski definition) is 5. The Bertz CT molecular complexity index is 1010. The van der Waals surface area contributed by atoms with Crippen molar-refractivity contribution in [1.29, 1.82) is 0 Å². The van der Waals surface area contributed by atoms with Crippen molar-refractivity contribution >= 4 is 61.8 Å². The van der Waals surface area contributed by atoms with Gasteiger partial charge < -0.3 is 15.4 Å². The quantitative estimate of drug-likeness (QED) is 0.490. The van der Waals surface area contributed by atoms with Crippen molar-refractivity contribution in [2.24, 2.45) is 0 Å². The van der Waals surface area contributed by atoms with Gasteiger partial charge in [-0.25, -0.2) is 14.6 Å². The Labute approximate surface area is 171 Å². The number of halogens is 1. The highest BCUT2D eigenvalue weighted by molar-refractivity contribution is 7.22. The van der Waals surface area contributed by atoms with E-state index in [9.17, 15) is 9.59 Å². The number of fused-ring (bicyclic) bond motifs is 1. The lowest BCUT2D eigenvalue weighted by Crippen LogP contribution is -2.27. The molecule has 0 aliphatic heterocycles. The van der Waals surface area contributed by atoms with Crippen LogP contribution in [0, 0.1) is 0 Å². The molecule has 1 aromatic heterocycles. The molecular weight excluding hydrogens is 400 g/mol. The molecule has 3 amide bonds. The molecule has 3 rings (SSSR count). The molecular formula is C19H19ClN4O3S. The summed E-state index contributed by atoms with van der Waals surface area (Å²) in [4.78, 5) is 28.4. The maximum absolute atomic E-state index is 12.1. The smallest absolute Gasteiger partial charge is 0.413 e. The van der Waals surface area contributed by atoms with E-state index in [1.807, 2.05) is 0 Å². The fraction of sp³-hybridized carbons (Fsp3) is 0.211. The van der Waals surface area contributed by atoms with E-state index in [0.717, 1.165) is 4.70 Å². The molecule has 1 heterocycles. The van der Waals surface area contributed by atoms with Crippen molar-refractivity contribution < 1.29 is 14.3 Å². The summed E-state index contributed by atoms with van der Waals surface area (Å²) in [5.41, 5.74) is 1.35. The molecule has 0 saturated carbocycles. The van der Waals surface area contributed by atoms with E-state index in [2.05, 4.69) is 20.9 Å². The number of ether oxygens (including phenoxy) is 1. The number of amides is 3. The monoisotopic (exact) mass is 418 g/mol. The molecule has 0 atom stereocenters. The highest BCUT2D eigenvalue weighted by Crippen LogP contribution is 2.29. The van der Waals surface area contributed by atoms with E-state index in [-0.39, 0.29) is 6.03 Å². The molecule has 2 aromatic carbocycles. The molecule has 3 aromatic rings. The van der Waals surface area contributed by atoms with Crippen molar-refractivity contribution in [2.75, 3.05) is 16.0 Å². The summed E-state index contributed by atoms with van der Waals surface area (Å²) >= 11 is 7.12. The van der Waals surface area contributed by atoms with Crippen LogP contribution in [0.1, 0.15) is 20.8 Å². The summed E-state index contributed by atoms with van der Waals surface area (Å²) in [6.07, 6.45) is -0.563. The summed E-state index contributed by atoms with van der Waals surface area (Å²) in [6.45, 7) is 5.37. The van der Waals surface area contributed by atoms with Gasteiger partial charge >= 0.3 is 12.1 Å². The largest absolute Gasteiger partial charge is 0.444 e. The fourth-order valence-corrected chi connectivity index (χ4v) is 3.29. The minimum atomic E-state index is -0.588. The molecule has 0 aliphatic rings. The normalized spacial score (nSPS) is 11.1. The fourth-order valence-electron chi connectivity index (χ4n) is 2.27. The van der Waals surface area contributed by atoms with Crippen LogP contribution >= 0.6 is 22.9 Å². The van der Waals surface area contributed by atoms with Crippen molar-refractivity contribution in [2.45, 2.75) is 26.4 Å². The molecule has 9 heteroatoms. The van der Waals surface area contributed by atoms with Crippen LogP contribution in [0.2, 0.25) is 5.02 Å². The second-order valence-electron chi connectivity index (χ2n) is 6.91. The summed E-state index contributed by atoms with van der Waals surface area (Å²) < 4.78 is 6.04. The van der Waals surface area contributed by atoms with Crippen molar-refractivity contribution in [3.05, 3.63) is 47.5 Å². The number of rotatable bonds is 3. The molecule has 0 saturated heterocycles. The van der Waals surface area contributed by atoms with Crippen molar-refractivity contribution in [3.63, 3.8) is 0 Å². The number of urea groups is 1. The predicted octanol–water partition coefficient (Wildman–Crippen LogP) is 5.94. The van der Waals surface area contributed by atoms with E-state index in [1.54, 1.807) is 63.2 Å². The van der Waals surface area contributed by atoms with Crippen LogP contribution in [0.5, 0.6) is 0 Å². The highest BCUT2D eigenvalue weighted by atomic mass is 35.5. The van der Waals surface area contributed by atoms with Gasteiger partial charge in [0.15, 0.2) is 5.13 Å². The Hall–Kier alpha value is -2.84. The summed E-state index contributed by atoms with van der Waals surface area (Å²) in [5.74, 6) is 0. The first-order chi connectivity index (χ1) is 13.2. The minimum absolute atomic E-state index is 0.377. The third kappa shape index (κ3) is 5.58. The second-order valence-corrected chi connectivity index (χ2v) is 8.38. The maximum atomic E-state index is 12.1. The first-order valence-corrected chi connectivity index (χ1v) is 9.61. The topological polar surface area (TPSA) is 92.3 Å². The van der Waals surface area contributed by atoms with E-state index in [4.69, 9.17) is 16.3 Å². The molecule has 146 valence electrons. The summed E-state index contributed by atoms with van der Waals surface area (Å²) in [6, 6.07) is 11.7. The SMILES string of the molecule is CC(C)(C)OC(=O)Nc1nc2ccc(NC(=O)Nc3ccc(Cl)cc3)cc2s1.